The molecule has 0 aromatic rings. The number of carbonyl (C=O) groups excluding carboxylic acids is 3. The topological polar surface area (TPSA) is 79.4 Å². The van der Waals surface area contributed by atoms with Crippen LogP contribution in [0.15, 0.2) is 0 Å². The fourth-order valence-corrected chi connectivity index (χ4v) is 3.31. The van der Waals surface area contributed by atoms with E-state index in [0.717, 1.165) is 19.3 Å². The highest BCUT2D eigenvalue weighted by Gasteiger charge is 2.23. The van der Waals surface area contributed by atoms with Gasteiger partial charge >= 0.3 is 0 Å². The van der Waals surface area contributed by atoms with Crippen LogP contribution in [0, 0.1) is 0 Å². The smallest absolute Gasteiger partial charge is 0.236 e. The van der Waals surface area contributed by atoms with Crippen LogP contribution in [-0.4, -0.2) is 105 Å². The van der Waals surface area contributed by atoms with E-state index in [9.17, 15) is 14.4 Å². The summed E-state index contributed by atoms with van der Waals surface area (Å²) in [7, 11) is 0. The number of ketones is 1. The number of Topliss-reactive ketones (excluding diaryl/α,β-unsaturated/α-hetero) is 1. The molecule has 0 aromatic heterocycles. The lowest BCUT2D eigenvalue weighted by Gasteiger charge is -2.32. The van der Waals surface area contributed by atoms with Gasteiger partial charge in [0, 0.05) is 32.6 Å². The van der Waals surface area contributed by atoms with Crippen LogP contribution in [0.5, 0.6) is 0 Å². The zero-order valence-electron chi connectivity index (χ0n) is 16.5. The molecule has 0 aromatic carbocycles. The summed E-state index contributed by atoms with van der Waals surface area (Å²) < 4.78 is 10.6. The van der Waals surface area contributed by atoms with Crippen LogP contribution in [0.3, 0.4) is 0 Å². The molecule has 0 spiro atoms. The van der Waals surface area contributed by atoms with Crippen LogP contribution in [0.4, 0.5) is 0 Å². The Balaban J connectivity index is 1.83. The molecule has 154 valence electrons. The van der Waals surface area contributed by atoms with Gasteiger partial charge in [0.2, 0.25) is 11.8 Å². The van der Waals surface area contributed by atoms with Gasteiger partial charge in [-0.25, -0.2) is 0 Å². The third kappa shape index (κ3) is 8.36. The SMILES string of the molecule is CC(=O)CCCCCN(CC(=O)N1CCOCC1)CC(=O)N1CCOCC1. The first-order chi connectivity index (χ1) is 13.1. The van der Waals surface area contributed by atoms with Crippen molar-refractivity contribution in [3.63, 3.8) is 0 Å². The summed E-state index contributed by atoms with van der Waals surface area (Å²) in [6.45, 7) is 7.54. The van der Waals surface area contributed by atoms with Gasteiger partial charge in [0.25, 0.3) is 0 Å². The van der Waals surface area contributed by atoms with Gasteiger partial charge in [-0.05, 0) is 26.3 Å². The molecule has 2 amide bonds. The maximum atomic E-state index is 12.6. The number of hydrogen-bond donors (Lipinski definition) is 0. The fraction of sp³-hybridized carbons (Fsp3) is 0.842. The summed E-state index contributed by atoms with van der Waals surface area (Å²) in [6, 6.07) is 0. The molecule has 0 saturated carbocycles. The molecular weight excluding hydrogens is 350 g/mol. The van der Waals surface area contributed by atoms with Gasteiger partial charge in [-0.15, -0.1) is 0 Å². The van der Waals surface area contributed by atoms with E-state index in [2.05, 4.69) is 0 Å². The Labute approximate surface area is 161 Å². The number of nitrogens with zero attached hydrogens (tertiary/aromatic N) is 3. The van der Waals surface area contributed by atoms with E-state index in [1.165, 1.54) is 0 Å². The van der Waals surface area contributed by atoms with Crippen molar-refractivity contribution in [2.75, 3.05) is 72.2 Å². The molecule has 0 atom stereocenters. The standard InChI is InChI=1S/C19H33N3O5/c1-17(23)5-3-2-4-6-20(15-18(24)21-7-11-26-12-8-21)16-19(25)22-9-13-27-14-10-22/h2-16H2,1H3. The monoisotopic (exact) mass is 383 g/mol. The molecule has 27 heavy (non-hydrogen) atoms. The van der Waals surface area contributed by atoms with Crippen molar-refractivity contribution >= 4 is 17.6 Å². The minimum Gasteiger partial charge on any atom is -0.378 e. The average molecular weight is 383 g/mol. The predicted octanol–water partition coefficient (Wildman–Crippen LogP) is 0.155. The van der Waals surface area contributed by atoms with E-state index in [-0.39, 0.29) is 30.7 Å². The molecule has 2 fully saturated rings. The van der Waals surface area contributed by atoms with Gasteiger partial charge in [0.1, 0.15) is 5.78 Å². The van der Waals surface area contributed by atoms with E-state index >= 15 is 0 Å². The van der Waals surface area contributed by atoms with Crippen molar-refractivity contribution in [3.8, 4) is 0 Å². The van der Waals surface area contributed by atoms with Gasteiger partial charge in [-0.1, -0.05) is 6.42 Å². The zero-order valence-corrected chi connectivity index (χ0v) is 16.5. The molecule has 8 heteroatoms. The number of carbonyl (C=O) groups is 3. The number of rotatable bonds is 10. The van der Waals surface area contributed by atoms with Crippen molar-refractivity contribution in [2.45, 2.75) is 32.6 Å². The highest BCUT2D eigenvalue weighted by atomic mass is 16.5. The summed E-state index contributed by atoms with van der Waals surface area (Å²) in [5.41, 5.74) is 0. The Hall–Kier alpha value is -1.51. The Bertz CT molecular complexity index is 456. The number of unbranched alkanes of at least 4 members (excludes halogenated alkanes) is 2. The van der Waals surface area contributed by atoms with Crippen LogP contribution in [0.2, 0.25) is 0 Å². The Morgan fingerprint density at radius 1 is 0.778 bits per heavy atom. The largest absolute Gasteiger partial charge is 0.378 e. The Morgan fingerprint density at radius 2 is 1.26 bits per heavy atom. The Kier molecular flexibility index (Phi) is 9.72. The normalized spacial score (nSPS) is 18.0. The van der Waals surface area contributed by atoms with Gasteiger partial charge in [-0.2, -0.15) is 0 Å². The lowest BCUT2D eigenvalue weighted by atomic mass is 10.1. The highest BCUT2D eigenvalue weighted by molar-refractivity contribution is 5.81. The third-order valence-electron chi connectivity index (χ3n) is 4.95. The van der Waals surface area contributed by atoms with Gasteiger partial charge in [-0.3, -0.25) is 14.5 Å². The van der Waals surface area contributed by atoms with Gasteiger partial charge in [0.05, 0.1) is 39.5 Å². The van der Waals surface area contributed by atoms with Crippen molar-refractivity contribution in [1.82, 2.24) is 14.7 Å². The van der Waals surface area contributed by atoms with Crippen molar-refractivity contribution in [2.24, 2.45) is 0 Å². The summed E-state index contributed by atoms with van der Waals surface area (Å²) in [5, 5.41) is 0. The van der Waals surface area contributed by atoms with E-state index < -0.39 is 0 Å². The van der Waals surface area contributed by atoms with Crippen molar-refractivity contribution < 1.29 is 23.9 Å². The Morgan fingerprint density at radius 3 is 1.70 bits per heavy atom. The molecule has 2 aliphatic heterocycles. The number of ether oxygens (including phenoxy) is 2. The van der Waals surface area contributed by atoms with Crippen LogP contribution >= 0.6 is 0 Å². The first kappa shape index (κ1) is 21.8. The second kappa shape index (κ2) is 12.0. The first-order valence-electron chi connectivity index (χ1n) is 9.99. The quantitative estimate of drug-likeness (QED) is 0.500. The van der Waals surface area contributed by atoms with E-state index in [1.54, 1.807) is 6.92 Å². The minimum atomic E-state index is 0.0526. The maximum Gasteiger partial charge on any atom is 0.236 e. The third-order valence-corrected chi connectivity index (χ3v) is 4.95. The lowest BCUT2D eigenvalue weighted by Crippen LogP contribution is -2.49. The van der Waals surface area contributed by atoms with E-state index in [4.69, 9.17) is 9.47 Å². The molecule has 8 nitrogen and oxygen atoms in total. The minimum absolute atomic E-state index is 0.0526. The van der Waals surface area contributed by atoms with E-state index in [0.29, 0.717) is 65.6 Å². The van der Waals surface area contributed by atoms with Crippen LogP contribution in [-0.2, 0) is 23.9 Å². The molecule has 0 N–H and O–H groups in total. The van der Waals surface area contributed by atoms with Gasteiger partial charge in [0.15, 0.2) is 0 Å². The van der Waals surface area contributed by atoms with Crippen molar-refractivity contribution in [1.29, 1.82) is 0 Å². The maximum absolute atomic E-state index is 12.6. The molecular formula is C19H33N3O5. The molecule has 0 bridgehead atoms. The predicted molar refractivity (Wildman–Crippen MR) is 100 cm³/mol. The summed E-state index contributed by atoms with van der Waals surface area (Å²) in [6.07, 6.45) is 3.26. The zero-order chi connectivity index (χ0) is 19.5. The molecule has 0 aliphatic carbocycles. The fourth-order valence-electron chi connectivity index (χ4n) is 3.31. The second-order valence-corrected chi connectivity index (χ2v) is 7.21. The summed E-state index contributed by atoms with van der Waals surface area (Å²) in [4.78, 5) is 41.8. The number of morpholine rings is 2. The van der Waals surface area contributed by atoms with Crippen LogP contribution in [0.1, 0.15) is 32.6 Å². The number of hydrogen-bond acceptors (Lipinski definition) is 6. The highest BCUT2D eigenvalue weighted by Crippen LogP contribution is 2.06. The van der Waals surface area contributed by atoms with Crippen molar-refractivity contribution in [3.05, 3.63) is 0 Å². The van der Waals surface area contributed by atoms with Crippen LogP contribution < -0.4 is 0 Å². The molecule has 2 heterocycles. The first-order valence-corrected chi connectivity index (χ1v) is 9.99. The van der Waals surface area contributed by atoms with Gasteiger partial charge < -0.3 is 24.1 Å². The number of amides is 2. The summed E-state index contributed by atoms with van der Waals surface area (Å²) in [5.74, 6) is 0.311. The molecule has 0 unspecified atom stereocenters. The second-order valence-electron chi connectivity index (χ2n) is 7.21. The van der Waals surface area contributed by atoms with Crippen LogP contribution in [0.25, 0.3) is 0 Å². The molecule has 0 radical (unpaired) electrons. The lowest BCUT2D eigenvalue weighted by molar-refractivity contribution is -0.140. The molecule has 2 aliphatic rings. The summed E-state index contributed by atoms with van der Waals surface area (Å²) >= 11 is 0. The molecule has 2 saturated heterocycles. The average Bonchev–Trinajstić information content (AvgIpc) is 2.68. The molecule has 2 rings (SSSR count). The van der Waals surface area contributed by atoms with E-state index in [1.807, 2.05) is 14.7 Å².